The molecule has 0 bridgehead atoms. The van der Waals surface area contributed by atoms with Crippen LogP contribution in [0, 0.1) is 0 Å². The molecule has 0 aliphatic heterocycles. The number of halogens is 2. The van der Waals surface area contributed by atoms with E-state index in [4.69, 9.17) is 27.9 Å². The molecule has 20 heavy (non-hydrogen) atoms. The Hall–Kier alpha value is -1.36. The Kier molecular flexibility index (Phi) is 5.17. The second kappa shape index (κ2) is 6.88. The van der Waals surface area contributed by atoms with Crippen molar-refractivity contribution in [2.75, 3.05) is 0 Å². The van der Waals surface area contributed by atoms with Gasteiger partial charge in [-0.2, -0.15) is 0 Å². The summed E-state index contributed by atoms with van der Waals surface area (Å²) in [7, 11) is 0. The Labute approximate surface area is 128 Å². The van der Waals surface area contributed by atoms with E-state index in [1.807, 2.05) is 0 Å². The van der Waals surface area contributed by atoms with Gasteiger partial charge in [0.2, 0.25) is 5.88 Å². The fourth-order valence-corrected chi connectivity index (χ4v) is 1.74. The molecule has 0 radical (unpaired) electrons. The maximum absolute atomic E-state index is 5.92. The number of hydrogen-bond donors (Lipinski definition) is 1. The molecule has 2 rings (SSSR count). The number of nitrogens with one attached hydrogen (secondary N) is 1. The van der Waals surface area contributed by atoms with Gasteiger partial charge >= 0.3 is 0 Å². The van der Waals surface area contributed by atoms with Crippen molar-refractivity contribution >= 4 is 23.2 Å². The van der Waals surface area contributed by atoms with Crippen LogP contribution < -0.4 is 10.1 Å². The molecule has 1 N–H and O–H groups in total. The fraction of sp³-hybridized carbons (Fsp3) is 0.286. The molecule has 1 aromatic carbocycles. The van der Waals surface area contributed by atoms with Crippen LogP contribution in [-0.2, 0) is 6.54 Å². The molecule has 2 aromatic rings. The van der Waals surface area contributed by atoms with Gasteiger partial charge in [-0.15, -0.1) is 0 Å². The Balaban J connectivity index is 2.01. The predicted octanol–water partition coefficient (Wildman–Crippen LogP) is 4.07. The lowest BCUT2D eigenvalue weighted by Gasteiger charge is -2.08. The molecule has 106 valence electrons. The molecule has 0 amide bonds. The Morgan fingerprint density at radius 2 is 1.95 bits per heavy atom. The minimum atomic E-state index is 0.406. The minimum Gasteiger partial charge on any atom is -0.437 e. The summed E-state index contributed by atoms with van der Waals surface area (Å²) in [6.45, 7) is 4.84. The van der Waals surface area contributed by atoms with Crippen molar-refractivity contribution in [3.63, 3.8) is 0 Å². The monoisotopic (exact) mass is 311 g/mol. The van der Waals surface area contributed by atoms with E-state index in [0.717, 1.165) is 5.69 Å². The quantitative estimate of drug-likeness (QED) is 0.904. The maximum atomic E-state index is 5.92. The van der Waals surface area contributed by atoms with E-state index in [1.54, 1.807) is 30.6 Å². The summed E-state index contributed by atoms with van der Waals surface area (Å²) in [6, 6.07) is 5.45. The number of hydrogen-bond acceptors (Lipinski definition) is 4. The van der Waals surface area contributed by atoms with Crippen LogP contribution in [-0.4, -0.2) is 16.0 Å². The highest BCUT2D eigenvalue weighted by Crippen LogP contribution is 2.28. The molecule has 0 atom stereocenters. The van der Waals surface area contributed by atoms with Gasteiger partial charge < -0.3 is 10.1 Å². The summed E-state index contributed by atoms with van der Waals surface area (Å²) >= 11 is 11.8. The van der Waals surface area contributed by atoms with E-state index in [0.29, 0.717) is 34.3 Å². The van der Waals surface area contributed by atoms with E-state index in [1.165, 1.54) is 0 Å². The fourth-order valence-electron chi connectivity index (χ4n) is 1.46. The summed E-state index contributed by atoms with van der Waals surface area (Å²) in [5.74, 6) is 0.985. The van der Waals surface area contributed by atoms with Crippen molar-refractivity contribution < 1.29 is 4.74 Å². The number of ether oxygens (including phenoxy) is 1. The standard InChI is InChI=1S/C14H15Cl2N3O/c1-9(2)17-6-10-7-19-14(8-18-10)20-11-3-4-12(15)13(16)5-11/h3-5,7-9,17H,6H2,1-2H3. The highest BCUT2D eigenvalue weighted by Gasteiger charge is 2.04. The first-order valence-corrected chi connectivity index (χ1v) is 6.97. The summed E-state index contributed by atoms with van der Waals surface area (Å²) in [4.78, 5) is 8.48. The summed E-state index contributed by atoms with van der Waals surface area (Å²) in [6.07, 6.45) is 3.27. The molecule has 0 aliphatic rings. The highest BCUT2D eigenvalue weighted by atomic mass is 35.5. The van der Waals surface area contributed by atoms with Crippen molar-refractivity contribution in [3.05, 3.63) is 46.3 Å². The second-order valence-corrected chi connectivity index (χ2v) is 5.37. The number of benzene rings is 1. The van der Waals surface area contributed by atoms with Crippen LogP contribution in [0.25, 0.3) is 0 Å². The number of aromatic nitrogens is 2. The average molecular weight is 312 g/mol. The zero-order chi connectivity index (χ0) is 14.5. The smallest absolute Gasteiger partial charge is 0.237 e. The van der Waals surface area contributed by atoms with Gasteiger partial charge in [-0.05, 0) is 12.1 Å². The summed E-state index contributed by atoms with van der Waals surface area (Å²) in [5, 5.41) is 4.20. The molecule has 0 aliphatic carbocycles. The lowest BCUT2D eigenvalue weighted by atomic mass is 10.3. The molecule has 0 spiro atoms. The molecule has 1 aromatic heterocycles. The van der Waals surface area contributed by atoms with E-state index in [9.17, 15) is 0 Å². The van der Waals surface area contributed by atoms with Crippen LogP contribution in [0.2, 0.25) is 10.0 Å². The third-order valence-corrected chi connectivity index (χ3v) is 3.23. The largest absolute Gasteiger partial charge is 0.437 e. The SMILES string of the molecule is CC(C)NCc1cnc(Oc2ccc(Cl)c(Cl)c2)cn1. The molecular weight excluding hydrogens is 297 g/mol. The average Bonchev–Trinajstić information content (AvgIpc) is 2.42. The van der Waals surface area contributed by atoms with Gasteiger partial charge in [0, 0.05) is 18.7 Å². The van der Waals surface area contributed by atoms with Crippen LogP contribution in [0.4, 0.5) is 0 Å². The van der Waals surface area contributed by atoms with E-state index in [-0.39, 0.29) is 0 Å². The Morgan fingerprint density at radius 3 is 2.55 bits per heavy atom. The van der Waals surface area contributed by atoms with Gasteiger partial charge in [-0.3, -0.25) is 4.98 Å². The number of nitrogens with zero attached hydrogens (tertiary/aromatic N) is 2. The Morgan fingerprint density at radius 1 is 1.15 bits per heavy atom. The maximum Gasteiger partial charge on any atom is 0.237 e. The van der Waals surface area contributed by atoms with Gasteiger partial charge in [-0.1, -0.05) is 37.0 Å². The van der Waals surface area contributed by atoms with Crippen molar-refractivity contribution in [2.24, 2.45) is 0 Å². The molecule has 4 nitrogen and oxygen atoms in total. The minimum absolute atomic E-state index is 0.406. The Bertz CT molecular complexity index is 573. The van der Waals surface area contributed by atoms with Crippen LogP contribution in [0.15, 0.2) is 30.6 Å². The lowest BCUT2D eigenvalue weighted by molar-refractivity contribution is 0.458. The van der Waals surface area contributed by atoms with Gasteiger partial charge in [0.05, 0.1) is 28.1 Å². The lowest BCUT2D eigenvalue weighted by Crippen LogP contribution is -2.22. The van der Waals surface area contributed by atoms with Gasteiger partial charge in [0.25, 0.3) is 0 Å². The predicted molar refractivity (Wildman–Crippen MR) is 80.5 cm³/mol. The molecule has 0 saturated heterocycles. The molecule has 6 heteroatoms. The molecule has 0 unspecified atom stereocenters. The third kappa shape index (κ3) is 4.34. The van der Waals surface area contributed by atoms with E-state index < -0.39 is 0 Å². The van der Waals surface area contributed by atoms with Crippen LogP contribution in [0.1, 0.15) is 19.5 Å². The van der Waals surface area contributed by atoms with E-state index >= 15 is 0 Å². The van der Waals surface area contributed by atoms with Crippen LogP contribution in [0.5, 0.6) is 11.6 Å². The molecule has 0 saturated carbocycles. The first kappa shape index (κ1) is 15.0. The van der Waals surface area contributed by atoms with Crippen LogP contribution >= 0.6 is 23.2 Å². The zero-order valence-corrected chi connectivity index (χ0v) is 12.7. The molecule has 0 fully saturated rings. The molecular formula is C14H15Cl2N3O. The topological polar surface area (TPSA) is 47.0 Å². The summed E-state index contributed by atoms with van der Waals surface area (Å²) in [5.41, 5.74) is 0.861. The highest BCUT2D eigenvalue weighted by molar-refractivity contribution is 6.42. The van der Waals surface area contributed by atoms with Crippen molar-refractivity contribution in [2.45, 2.75) is 26.4 Å². The first-order chi connectivity index (χ1) is 9.54. The van der Waals surface area contributed by atoms with Crippen molar-refractivity contribution in [3.8, 4) is 11.6 Å². The normalized spacial score (nSPS) is 10.8. The third-order valence-electron chi connectivity index (χ3n) is 2.49. The van der Waals surface area contributed by atoms with Crippen LogP contribution in [0.3, 0.4) is 0 Å². The second-order valence-electron chi connectivity index (χ2n) is 4.56. The van der Waals surface area contributed by atoms with E-state index in [2.05, 4.69) is 29.1 Å². The van der Waals surface area contributed by atoms with Crippen molar-refractivity contribution in [1.29, 1.82) is 0 Å². The van der Waals surface area contributed by atoms with Gasteiger partial charge in [-0.25, -0.2) is 4.98 Å². The first-order valence-electron chi connectivity index (χ1n) is 6.22. The number of rotatable bonds is 5. The van der Waals surface area contributed by atoms with Gasteiger partial charge in [0.15, 0.2) is 0 Å². The van der Waals surface area contributed by atoms with Gasteiger partial charge in [0.1, 0.15) is 5.75 Å². The van der Waals surface area contributed by atoms with Crippen molar-refractivity contribution in [1.82, 2.24) is 15.3 Å². The molecule has 1 heterocycles. The zero-order valence-electron chi connectivity index (χ0n) is 11.2. The summed E-state index contributed by atoms with van der Waals surface area (Å²) < 4.78 is 5.56.